The molecule has 158 valence electrons. The van der Waals surface area contributed by atoms with Crippen LogP contribution < -0.4 is 5.32 Å². The minimum absolute atomic E-state index is 0.148. The summed E-state index contributed by atoms with van der Waals surface area (Å²) in [5, 5.41) is 19.1. The minimum Gasteiger partial charge on any atom is -0.448 e. The quantitative estimate of drug-likeness (QED) is 0.620. The van der Waals surface area contributed by atoms with Crippen LogP contribution in [0.4, 0.5) is 5.69 Å². The van der Waals surface area contributed by atoms with Gasteiger partial charge in [0, 0.05) is 35.7 Å². The smallest absolute Gasteiger partial charge is 0.277 e. The van der Waals surface area contributed by atoms with Crippen LogP contribution in [0.15, 0.2) is 29.0 Å². The lowest BCUT2D eigenvalue weighted by Gasteiger charge is -2.25. The zero-order valence-electron chi connectivity index (χ0n) is 17.4. The number of aromatic nitrogens is 3. The van der Waals surface area contributed by atoms with Crippen LogP contribution in [-0.4, -0.2) is 32.1 Å². The molecule has 2 N–H and O–H groups in total. The van der Waals surface area contributed by atoms with Gasteiger partial charge in [0.25, 0.3) is 5.91 Å². The molecule has 2 aromatic heterocycles. The van der Waals surface area contributed by atoms with Gasteiger partial charge in [-0.1, -0.05) is 0 Å². The Hall–Kier alpha value is -3.00. The van der Waals surface area contributed by atoms with Crippen LogP contribution in [0.2, 0.25) is 0 Å². The van der Waals surface area contributed by atoms with Crippen LogP contribution in [0.5, 0.6) is 0 Å². The first-order chi connectivity index (χ1) is 14.2. The average molecular weight is 410 g/mol. The molecule has 8 nitrogen and oxygen atoms in total. The number of benzene rings is 1. The number of hydrogen-bond acceptors (Lipinski definition) is 6. The summed E-state index contributed by atoms with van der Waals surface area (Å²) in [6.07, 6.45) is 7.88. The van der Waals surface area contributed by atoms with Gasteiger partial charge in [-0.2, -0.15) is 5.10 Å². The van der Waals surface area contributed by atoms with E-state index in [0.29, 0.717) is 17.1 Å². The van der Waals surface area contributed by atoms with Gasteiger partial charge >= 0.3 is 0 Å². The van der Waals surface area contributed by atoms with Crippen molar-refractivity contribution in [3.05, 3.63) is 41.7 Å². The van der Waals surface area contributed by atoms with E-state index in [9.17, 15) is 14.7 Å². The van der Waals surface area contributed by atoms with Crippen LogP contribution in [0.1, 0.15) is 67.5 Å². The second kappa shape index (κ2) is 7.68. The summed E-state index contributed by atoms with van der Waals surface area (Å²) < 4.78 is 7.07. The van der Waals surface area contributed by atoms with Crippen molar-refractivity contribution < 1.29 is 19.1 Å². The molecule has 2 heterocycles. The Bertz CT molecular complexity index is 1080. The maximum Gasteiger partial charge on any atom is 0.277 e. The molecule has 0 atom stereocenters. The van der Waals surface area contributed by atoms with E-state index in [4.69, 9.17) is 9.52 Å². The number of aldehydes is 1. The Labute approximate surface area is 174 Å². The number of hydrogen-bond donors (Lipinski definition) is 2. The van der Waals surface area contributed by atoms with E-state index in [1.807, 2.05) is 23.0 Å². The van der Waals surface area contributed by atoms with Gasteiger partial charge in [-0.25, -0.2) is 4.98 Å². The fourth-order valence-electron chi connectivity index (χ4n) is 4.04. The summed E-state index contributed by atoms with van der Waals surface area (Å²) in [6, 6.07) is 3.89. The summed E-state index contributed by atoms with van der Waals surface area (Å²) in [5.74, 6) is 0.148. The summed E-state index contributed by atoms with van der Waals surface area (Å²) in [6.45, 7) is 5.01. The summed E-state index contributed by atoms with van der Waals surface area (Å²) in [5.41, 5.74) is 0.822. The Morgan fingerprint density at radius 3 is 2.63 bits per heavy atom. The van der Waals surface area contributed by atoms with Crippen molar-refractivity contribution in [3.63, 3.8) is 0 Å². The second-order valence-electron chi connectivity index (χ2n) is 8.54. The molecule has 4 rings (SSSR count). The molecular formula is C22H26N4O4. The normalized spacial score (nSPS) is 19.7. The number of aliphatic hydroxyl groups is 1. The number of anilines is 1. The third kappa shape index (κ3) is 4.00. The van der Waals surface area contributed by atoms with Crippen molar-refractivity contribution in [1.82, 2.24) is 14.8 Å². The van der Waals surface area contributed by atoms with Gasteiger partial charge in [0.05, 0.1) is 17.2 Å². The lowest BCUT2D eigenvalue weighted by molar-refractivity contribution is -0.112. The van der Waals surface area contributed by atoms with Gasteiger partial charge in [-0.15, -0.1) is 0 Å². The maximum atomic E-state index is 12.6. The van der Waals surface area contributed by atoms with Crippen molar-refractivity contribution in [2.75, 3.05) is 5.32 Å². The zero-order chi connectivity index (χ0) is 21.5. The van der Waals surface area contributed by atoms with Gasteiger partial charge in [0.2, 0.25) is 0 Å². The van der Waals surface area contributed by atoms with E-state index in [1.54, 1.807) is 20.8 Å². The topological polar surface area (TPSA) is 110 Å². The second-order valence-corrected chi connectivity index (χ2v) is 8.54. The lowest BCUT2D eigenvalue weighted by atomic mass is 9.87. The fraction of sp³-hybridized carbons (Fsp3) is 0.455. The van der Waals surface area contributed by atoms with Crippen LogP contribution in [0, 0.1) is 12.8 Å². The number of carbonyl (C=O) groups excluding carboxylic acids is 2. The summed E-state index contributed by atoms with van der Waals surface area (Å²) in [4.78, 5) is 27.7. The highest BCUT2D eigenvalue weighted by Crippen LogP contribution is 2.35. The Balaban J connectivity index is 1.67. The molecule has 0 radical (unpaired) electrons. The first-order valence-corrected chi connectivity index (χ1v) is 10.2. The molecular weight excluding hydrogens is 384 g/mol. The SMILES string of the molecule is Cc1nc(C(=O)Nc2cc3cn(C4CCC(C=O)CC4)nc3cc2C(C)(C)O)co1. The number of rotatable bonds is 5. The van der Waals surface area contributed by atoms with Gasteiger partial charge < -0.3 is 19.6 Å². The monoisotopic (exact) mass is 410 g/mol. The van der Waals surface area contributed by atoms with Crippen LogP contribution in [-0.2, 0) is 10.4 Å². The zero-order valence-corrected chi connectivity index (χ0v) is 17.4. The molecule has 30 heavy (non-hydrogen) atoms. The molecule has 0 aliphatic heterocycles. The largest absolute Gasteiger partial charge is 0.448 e. The summed E-state index contributed by atoms with van der Waals surface area (Å²) >= 11 is 0. The van der Waals surface area contributed by atoms with E-state index in [0.717, 1.165) is 42.9 Å². The fourth-order valence-corrected chi connectivity index (χ4v) is 4.04. The van der Waals surface area contributed by atoms with Crippen LogP contribution in [0.3, 0.4) is 0 Å². The van der Waals surface area contributed by atoms with E-state index >= 15 is 0 Å². The highest BCUT2D eigenvalue weighted by Gasteiger charge is 2.26. The molecule has 1 amide bonds. The molecule has 0 bridgehead atoms. The molecule has 0 spiro atoms. The predicted octanol–water partition coefficient (Wildman–Crippen LogP) is 3.74. The van der Waals surface area contributed by atoms with Gasteiger partial charge in [-0.05, 0) is 51.7 Å². The number of carbonyl (C=O) groups is 2. The van der Waals surface area contributed by atoms with Crippen molar-refractivity contribution in [2.24, 2.45) is 5.92 Å². The van der Waals surface area contributed by atoms with Gasteiger partial charge in [0.15, 0.2) is 11.6 Å². The minimum atomic E-state index is -1.18. The number of nitrogens with one attached hydrogen (secondary N) is 1. The molecule has 8 heteroatoms. The van der Waals surface area contributed by atoms with E-state index in [-0.39, 0.29) is 17.7 Å². The molecule has 3 aromatic rings. The van der Waals surface area contributed by atoms with Crippen molar-refractivity contribution in [3.8, 4) is 0 Å². The molecule has 1 saturated carbocycles. The van der Waals surface area contributed by atoms with E-state index < -0.39 is 11.5 Å². The predicted molar refractivity (Wildman–Crippen MR) is 111 cm³/mol. The number of fused-ring (bicyclic) bond motifs is 1. The Morgan fingerprint density at radius 1 is 1.30 bits per heavy atom. The van der Waals surface area contributed by atoms with E-state index in [2.05, 4.69) is 10.3 Å². The number of oxazole rings is 1. The third-order valence-electron chi connectivity index (χ3n) is 5.73. The maximum absolute atomic E-state index is 12.6. The molecule has 0 saturated heterocycles. The number of amides is 1. The number of nitrogens with zero attached hydrogens (tertiary/aromatic N) is 3. The first kappa shape index (κ1) is 20.3. The average Bonchev–Trinajstić information content (AvgIpc) is 3.32. The van der Waals surface area contributed by atoms with Gasteiger partial charge in [-0.3, -0.25) is 9.48 Å². The molecule has 0 unspecified atom stereocenters. The summed E-state index contributed by atoms with van der Waals surface area (Å²) in [7, 11) is 0. The highest BCUT2D eigenvalue weighted by molar-refractivity contribution is 6.04. The van der Waals surface area contributed by atoms with Crippen LogP contribution in [0.25, 0.3) is 10.9 Å². The standard InChI is InChI=1S/C22H26N4O4/c1-13-23-20(12-30-13)21(28)24-19-8-15-10-26(16-6-4-14(11-27)5-7-16)25-18(15)9-17(19)22(2,3)29/h8-12,14,16,29H,4-7H2,1-3H3,(H,24,28). The van der Waals surface area contributed by atoms with E-state index in [1.165, 1.54) is 6.26 Å². The molecule has 1 aliphatic carbocycles. The molecule has 1 aliphatic rings. The lowest BCUT2D eigenvalue weighted by Crippen LogP contribution is -2.21. The third-order valence-corrected chi connectivity index (χ3v) is 5.73. The Morgan fingerprint density at radius 2 is 2.03 bits per heavy atom. The van der Waals surface area contributed by atoms with Crippen molar-refractivity contribution >= 4 is 28.8 Å². The molecule has 1 fully saturated rings. The first-order valence-electron chi connectivity index (χ1n) is 10.2. The van der Waals surface area contributed by atoms with Crippen molar-refractivity contribution in [1.29, 1.82) is 0 Å². The van der Waals surface area contributed by atoms with Crippen LogP contribution >= 0.6 is 0 Å². The Kier molecular flexibility index (Phi) is 5.19. The van der Waals surface area contributed by atoms with Crippen molar-refractivity contribution in [2.45, 2.75) is 58.1 Å². The number of aryl methyl sites for hydroxylation is 1. The van der Waals surface area contributed by atoms with Gasteiger partial charge in [0.1, 0.15) is 12.5 Å². The molecule has 1 aromatic carbocycles. The highest BCUT2D eigenvalue weighted by atomic mass is 16.3.